The molecule has 8 heteroatoms. The highest BCUT2D eigenvalue weighted by Crippen LogP contribution is 2.28. The highest BCUT2D eigenvalue weighted by atomic mass is 79.9. The van der Waals surface area contributed by atoms with E-state index in [4.69, 9.17) is 9.47 Å². The Morgan fingerprint density at radius 2 is 1.89 bits per heavy atom. The van der Waals surface area contributed by atoms with Gasteiger partial charge in [-0.1, -0.05) is 34.1 Å². The predicted octanol–water partition coefficient (Wildman–Crippen LogP) is 2.79. The first-order valence-electron chi connectivity index (χ1n) is 8.31. The molecule has 0 aliphatic heterocycles. The highest BCUT2D eigenvalue weighted by molar-refractivity contribution is 9.10. The van der Waals surface area contributed by atoms with Crippen LogP contribution in [0.5, 0.6) is 11.5 Å². The standard InChI is InChI=1S/C20H20BrN3O4/c1-3-10-22-19(25)20(26)24-23-12-15-6-9-17(18(11-15)27-2)28-13-14-4-7-16(21)8-5-14/h3-9,11-12H,1,10,13H2,2H3,(H,22,25)(H,24,26)/b23-12-. The van der Waals surface area contributed by atoms with Crippen molar-refractivity contribution in [2.24, 2.45) is 5.10 Å². The molecule has 146 valence electrons. The van der Waals surface area contributed by atoms with Gasteiger partial charge in [0.1, 0.15) is 6.61 Å². The molecule has 0 heterocycles. The van der Waals surface area contributed by atoms with Crippen molar-refractivity contribution in [3.8, 4) is 11.5 Å². The van der Waals surface area contributed by atoms with Crippen molar-refractivity contribution in [2.75, 3.05) is 13.7 Å². The van der Waals surface area contributed by atoms with E-state index in [1.165, 1.54) is 19.4 Å². The van der Waals surface area contributed by atoms with E-state index in [2.05, 4.69) is 38.4 Å². The Hall–Kier alpha value is -3.13. The molecule has 0 unspecified atom stereocenters. The summed E-state index contributed by atoms with van der Waals surface area (Å²) in [4.78, 5) is 23.0. The lowest BCUT2D eigenvalue weighted by molar-refractivity contribution is -0.139. The Morgan fingerprint density at radius 3 is 2.57 bits per heavy atom. The van der Waals surface area contributed by atoms with Gasteiger partial charge in [0.05, 0.1) is 13.3 Å². The van der Waals surface area contributed by atoms with Gasteiger partial charge in [0, 0.05) is 11.0 Å². The summed E-state index contributed by atoms with van der Waals surface area (Å²) in [6, 6.07) is 13.0. The average Bonchev–Trinajstić information content (AvgIpc) is 2.71. The van der Waals surface area contributed by atoms with Crippen molar-refractivity contribution in [1.82, 2.24) is 10.7 Å². The van der Waals surface area contributed by atoms with Gasteiger partial charge in [0.2, 0.25) is 0 Å². The molecule has 0 bridgehead atoms. The second-order valence-corrected chi connectivity index (χ2v) is 6.44. The summed E-state index contributed by atoms with van der Waals surface area (Å²) in [5.41, 5.74) is 3.84. The summed E-state index contributed by atoms with van der Waals surface area (Å²) in [5.74, 6) is -0.544. The van der Waals surface area contributed by atoms with Gasteiger partial charge in [-0.05, 0) is 41.5 Å². The second kappa shape index (κ2) is 10.9. The average molecular weight is 446 g/mol. The third-order valence-corrected chi connectivity index (χ3v) is 4.02. The summed E-state index contributed by atoms with van der Waals surface area (Å²) in [5, 5.41) is 6.12. The van der Waals surface area contributed by atoms with E-state index in [1.54, 1.807) is 18.2 Å². The van der Waals surface area contributed by atoms with Gasteiger partial charge in [-0.2, -0.15) is 5.10 Å². The molecule has 2 aromatic rings. The molecule has 2 amide bonds. The maximum absolute atomic E-state index is 11.5. The number of rotatable bonds is 8. The number of ether oxygens (including phenoxy) is 2. The fraction of sp³-hybridized carbons (Fsp3) is 0.150. The Balaban J connectivity index is 1.96. The van der Waals surface area contributed by atoms with Gasteiger partial charge in [0.15, 0.2) is 11.5 Å². The van der Waals surface area contributed by atoms with Crippen molar-refractivity contribution in [2.45, 2.75) is 6.61 Å². The molecule has 0 aliphatic carbocycles. The largest absolute Gasteiger partial charge is 0.493 e. The van der Waals surface area contributed by atoms with Crippen LogP contribution < -0.4 is 20.2 Å². The fourth-order valence-corrected chi connectivity index (χ4v) is 2.35. The Bertz CT molecular complexity index is 866. The van der Waals surface area contributed by atoms with Crippen molar-refractivity contribution in [1.29, 1.82) is 0 Å². The first-order chi connectivity index (χ1) is 13.5. The fourth-order valence-electron chi connectivity index (χ4n) is 2.09. The Morgan fingerprint density at radius 1 is 1.14 bits per heavy atom. The zero-order valence-corrected chi connectivity index (χ0v) is 16.9. The molecule has 2 rings (SSSR count). The lowest BCUT2D eigenvalue weighted by atomic mass is 10.2. The van der Waals surface area contributed by atoms with Crippen LogP contribution >= 0.6 is 15.9 Å². The number of nitrogens with one attached hydrogen (secondary N) is 2. The number of hydrogen-bond acceptors (Lipinski definition) is 5. The van der Waals surface area contributed by atoms with Gasteiger partial charge >= 0.3 is 11.8 Å². The van der Waals surface area contributed by atoms with Crippen molar-refractivity contribution < 1.29 is 19.1 Å². The molecule has 0 fully saturated rings. The van der Waals surface area contributed by atoms with Crippen molar-refractivity contribution in [3.63, 3.8) is 0 Å². The summed E-state index contributed by atoms with van der Waals surface area (Å²) in [6.45, 7) is 4.05. The van der Waals surface area contributed by atoms with E-state index in [1.807, 2.05) is 24.3 Å². The predicted molar refractivity (Wildman–Crippen MR) is 110 cm³/mol. The zero-order valence-electron chi connectivity index (χ0n) is 15.3. The van der Waals surface area contributed by atoms with E-state index >= 15 is 0 Å². The molecule has 0 aromatic heterocycles. The van der Waals surface area contributed by atoms with Crippen LogP contribution in [0.15, 0.2) is 64.7 Å². The minimum Gasteiger partial charge on any atom is -0.493 e. The molecule has 7 nitrogen and oxygen atoms in total. The zero-order chi connectivity index (χ0) is 20.4. The molecule has 2 aromatic carbocycles. The summed E-state index contributed by atoms with van der Waals surface area (Å²) in [6.07, 6.45) is 2.88. The summed E-state index contributed by atoms with van der Waals surface area (Å²) >= 11 is 3.40. The lowest BCUT2D eigenvalue weighted by Crippen LogP contribution is -2.37. The molecule has 2 N–H and O–H groups in total. The molecule has 28 heavy (non-hydrogen) atoms. The molecular weight excluding hydrogens is 426 g/mol. The van der Waals surface area contributed by atoms with Crippen LogP contribution in [0.1, 0.15) is 11.1 Å². The van der Waals surface area contributed by atoms with Crippen LogP contribution in [0, 0.1) is 0 Å². The quantitative estimate of drug-likeness (QED) is 0.283. The Labute approximate surface area is 171 Å². The van der Waals surface area contributed by atoms with Crippen LogP contribution in [0.25, 0.3) is 0 Å². The van der Waals surface area contributed by atoms with E-state index in [0.717, 1.165) is 10.0 Å². The van der Waals surface area contributed by atoms with Crippen LogP contribution in [0.3, 0.4) is 0 Å². The lowest BCUT2D eigenvalue weighted by Gasteiger charge is -2.11. The van der Waals surface area contributed by atoms with Gasteiger partial charge in [-0.25, -0.2) is 5.43 Å². The smallest absolute Gasteiger partial charge is 0.329 e. The van der Waals surface area contributed by atoms with Crippen LogP contribution in [0.4, 0.5) is 0 Å². The van der Waals surface area contributed by atoms with E-state index < -0.39 is 11.8 Å². The van der Waals surface area contributed by atoms with Gasteiger partial charge < -0.3 is 14.8 Å². The maximum atomic E-state index is 11.5. The summed E-state index contributed by atoms with van der Waals surface area (Å²) < 4.78 is 12.2. The van der Waals surface area contributed by atoms with Gasteiger partial charge in [-0.15, -0.1) is 6.58 Å². The molecule has 0 atom stereocenters. The van der Waals surface area contributed by atoms with Crippen LogP contribution in [0.2, 0.25) is 0 Å². The van der Waals surface area contributed by atoms with E-state index in [9.17, 15) is 9.59 Å². The number of hydrogen-bond donors (Lipinski definition) is 2. The maximum Gasteiger partial charge on any atom is 0.329 e. The highest BCUT2D eigenvalue weighted by Gasteiger charge is 2.10. The number of carbonyl (C=O) groups excluding carboxylic acids is 2. The normalized spacial score (nSPS) is 10.4. The first-order valence-corrected chi connectivity index (χ1v) is 9.10. The molecule has 0 saturated carbocycles. The van der Waals surface area contributed by atoms with Crippen molar-refractivity contribution >= 4 is 34.0 Å². The number of nitrogens with zero attached hydrogens (tertiary/aromatic N) is 1. The third-order valence-electron chi connectivity index (χ3n) is 3.49. The number of carbonyl (C=O) groups is 2. The number of hydrazone groups is 1. The second-order valence-electron chi connectivity index (χ2n) is 5.52. The van der Waals surface area contributed by atoms with Gasteiger partial charge in [0.25, 0.3) is 0 Å². The molecule has 0 aliphatic rings. The number of benzene rings is 2. The van der Waals surface area contributed by atoms with E-state index in [0.29, 0.717) is 23.7 Å². The van der Waals surface area contributed by atoms with Crippen molar-refractivity contribution in [3.05, 3.63) is 70.7 Å². The molecule has 0 radical (unpaired) electrons. The number of halogens is 1. The minimum atomic E-state index is -0.862. The topological polar surface area (TPSA) is 89.0 Å². The van der Waals surface area contributed by atoms with E-state index in [-0.39, 0.29) is 6.54 Å². The Kier molecular flexibility index (Phi) is 8.23. The summed E-state index contributed by atoms with van der Waals surface area (Å²) in [7, 11) is 1.54. The molecule has 0 saturated heterocycles. The number of methoxy groups -OCH3 is 1. The minimum absolute atomic E-state index is 0.203. The van der Waals surface area contributed by atoms with Crippen LogP contribution in [-0.4, -0.2) is 31.7 Å². The van der Waals surface area contributed by atoms with Crippen LogP contribution in [-0.2, 0) is 16.2 Å². The van der Waals surface area contributed by atoms with Gasteiger partial charge in [-0.3, -0.25) is 9.59 Å². The monoisotopic (exact) mass is 445 g/mol. The SMILES string of the molecule is C=CCNC(=O)C(=O)N/N=C\c1ccc(OCc2ccc(Br)cc2)c(OC)c1. The first kappa shape index (κ1) is 21.2. The molecular formula is C20H20BrN3O4. The third kappa shape index (κ3) is 6.55. The number of amides is 2. The molecule has 0 spiro atoms.